The Balaban J connectivity index is 1.82. The largest absolute Gasteiger partial charge is 0.336 e. The number of carbonyl (C=O) groups excluding carboxylic acids is 1. The lowest BCUT2D eigenvalue weighted by Crippen LogP contribution is -2.34. The van der Waals surface area contributed by atoms with E-state index in [9.17, 15) is 4.79 Å². The number of fused-ring (bicyclic) bond motifs is 1. The minimum Gasteiger partial charge on any atom is -0.336 e. The third-order valence-electron chi connectivity index (χ3n) is 5.16. The molecule has 1 amide bonds. The van der Waals surface area contributed by atoms with Crippen molar-refractivity contribution in [2.24, 2.45) is 11.7 Å². The van der Waals surface area contributed by atoms with Crippen LogP contribution in [-0.2, 0) is 0 Å². The number of para-hydroxylation sites is 1. The molecule has 2 unspecified atom stereocenters. The van der Waals surface area contributed by atoms with Crippen LogP contribution in [-0.4, -0.2) is 39.9 Å². The van der Waals surface area contributed by atoms with Gasteiger partial charge in [-0.3, -0.25) is 9.78 Å². The first-order chi connectivity index (χ1) is 12.7. The summed E-state index contributed by atoms with van der Waals surface area (Å²) in [5.74, 6) is 0.428. The summed E-state index contributed by atoms with van der Waals surface area (Å²) in [4.78, 5) is 24.2. The highest BCUT2D eigenvalue weighted by molar-refractivity contribution is 6.07. The third-order valence-corrected chi connectivity index (χ3v) is 5.16. The summed E-state index contributed by atoms with van der Waals surface area (Å²) in [5, 5.41) is 0.883. The van der Waals surface area contributed by atoms with Gasteiger partial charge in [-0.25, -0.2) is 4.98 Å². The van der Waals surface area contributed by atoms with E-state index in [2.05, 4.69) is 11.9 Å². The number of benzene rings is 1. The molecule has 2 N–H and O–H groups in total. The number of hydrogen-bond acceptors (Lipinski definition) is 4. The average Bonchev–Trinajstić information content (AvgIpc) is 3.08. The third kappa shape index (κ3) is 2.95. The summed E-state index contributed by atoms with van der Waals surface area (Å²) in [7, 11) is 0. The Morgan fingerprint density at radius 1 is 1.27 bits per heavy atom. The summed E-state index contributed by atoms with van der Waals surface area (Å²) >= 11 is 0. The van der Waals surface area contributed by atoms with Gasteiger partial charge in [-0.1, -0.05) is 18.2 Å². The summed E-state index contributed by atoms with van der Waals surface area (Å²) in [6, 6.07) is 13.7. The lowest BCUT2D eigenvalue weighted by atomic mass is 10.0. The van der Waals surface area contributed by atoms with Crippen LogP contribution in [0.3, 0.4) is 0 Å². The molecule has 0 radical (unpaired) electrons. The summed E-state index contributed by atoms with van der Waals surface area (Å²) < 4.78 is 0. The summed E-state index contributed by atoms with van der Waals surface area (Å²) in [5.41, 5.74) is 9.02. The van der Waals surface area contributed by atoms with Crippen molar-refractivity contribution in [1.82, 2.24) is 14.9 Å². The SMILES string of the molecule is CC1CC(CN)CN1C(=O)c1cc(-c2cccnc2)nc2ccccc12. The fourth-order valence-electron chi connectivity index (χ4n) is 3.77. The molecule has 1 saturated heterocycles. The number of carbonyl (C=O) groups is 1. The zero-order chi connectivity index (χ0) is 18.1. The highest BCUT2D eigenvalue weighted by Gasteiger charge is 2.33. The first-order valence-corrected chi connectivity index (χ1v) is 8.98. The number of aromatic nitrogens is 2. The number of rotatable bonds is 3. The first-order valence-electron chi connectivity index (χ1n) is 8.98. The number of nitrogens with two attached hydrogens (primary N) is 1. The molecule has 3 heterocycles. The van der Waals surface area contributed by atoms with E-state index in [0.717, 1.165) is 35.1 Å². The maximum Gasteiger partial charge on any atom is 0.254 e. The van der Waals surface area contributed by atoms with Crippen molar-refractivity contribution in [2.75, 3.05) is 13.1 Å². The molecule has 1 aliphatic heterocycles. The molecule has 0 aliphatic carbocycles. The first kappa shape index (κ1) is 16.7. The van der Waals surface area contributed by atoms with Crippen LogP contribution in [0.5, 0.6) is 0 Å². The molecule has 0 saturated carbocycles. The van der Waals surface area contributed by atoms with E-state index >= 15 is 0 Å². The van der Waals surface area contributed by atoms with Crippen LogP contribution in [0.2, 0.25) is 0 Å². The Hall–Kier alpha value is -2.79. The second-order valence-electron chi connectivity index (χ2n) is 6.96. The molecule has 1 aromatic carbocycles. The smallest absolute Gasteiger partial charge is 0.254 e. The average molecular weight is 346 g/mol. The molecule has 2 atom stereocenters. The zero-order valence-electron chi connectivity index (χ0n) is 14.8. The van der Waals surface area contributed by atoms with E-state index < -0.39 is 0 Å². The van der Waals surface area contributed by atoms with Gasteiger partial charge >= 0.3 is 0 Å². The topological polar surface area (TPSA) is 72.1 Å². The van der Waals surface area contributed by atoms with Crippen molar-refractivity contribution in [3.63, 3.8) is 0 Å². The van der Waals surface area contributed by atoms with Crippen molar-refractivity contribution in [2.45, 2.75) is 19.4 Å². The van der Waals surface area contributed by atoms with E-state index in [0.29, 0.717) is 18.0 Å². The number of pyridine rings is 2. The van der Waals surface area contributed by atoms with Crippen molar-refractivity contribution in [1.29, 1.82) is 0 Å². The van der Waals surface area contributed by atoms with E-state index in [-0.39, 0.29) is 11.9 Å². The monoisotopic (exact) mass is 346 g/mol. The lowest BCUT2D eigenvalue weighted by Gasteiger charge is -2.22. The van der Waals surface area contributed by atoms with Crippen LogP contribution < -0.4 is 5.73 Å². The van der Waals surface area contributed by atoms with Crippen molar-refractivity contribution in [3.8, 4) is 11.3 Å². The van der Waals surface area contributed by atoms with Crippen LogP contribution in [0.4, 0.5) is 0 Å². The maximum atomic E-state index is 13.4. The predicted octanol–water partition coefficient (Wildman–Crippen LogP) is 3.11. The van der Waals surface area contributed by atoms with Crippen molar-refractivity contribution >= 4 is 16.8 Å². The minimum absolute atomic E-state index is 0.0530. The molecule has 1 aliphatic rings. The Morgan fingerprint density at radius 2 is 2.12 bits per heavy atom. The fourth-order valence-corrected chi connectivity index (χ4v) is 3.77. The van der Waals surface area contributed by atoms with Crippen LogP contribution in [0.15, 0.2) is 54.9 Å². The van der Waals surface area contributed by atoms with E-state index in [4.69, 9.17) is 10.7 Å². The molecule has 0 bridgehead atoms. The molecule has 5 nitrogen and oxygen atoms in total. The Bertz CT molecular complexity index is 941. The van der Waals surface area contributed by atoms with Gasteiger partial charge in [-0.2, -0.15) is 0 Å². The van der Waals surface area contributed by atoms with Gasteiger partial charge in [-0.15, -0.1) is 0 Å². The zero-order valence-corrected chi connectivity index (χ0v) is 14.8. The van der Waals surface area contributed by atoms with Gasteiger partial charge in [0.1, 0.15) is 0 Å². The molecule has 0 spiro atoms. The maximum absolute atomic E-state index is 13.4. The van der Waals surface area contributed by atoms with Crippen molar-refractivity contribution in [3.05, 3.63) is 60.4 Å². The minimum atomic E-state index is 0.0530. The van der Waals surface area contributed by atoms with Crippen LogP contribution >= 0.6 is 0 Å². The summed E-state index contributed by atoms with van der Waals surface area (Å²) in [6.07, 6.45) is 4.46. The molecule has 5 heteroatoms. The predicted molar refractivity (Wildman–Crippen MR) is 103 cm³/mol. The quantitative estimate of drug-likeness (QED) is 0.791. The Kier molecular flexibility index (Phi) is 4.39. The highest BCUT2D eigenvalue weighted by Crippen LogP contribution is 2.29. The van der Waals surface area contributed by atoms with Gasteiger partial charge in [0, 0.05) is 35.9 Å². The fraction of sp³-hybridized carbons (Fsp3) is 0.286. The van der Waals surface area contributed by atoms with Gasteiger partial charge in [-0.05, 0) is 50.1 Å². The normalized spacial score (nSPS) is 19.8. The number of hydrogen-bond donors (Lipinski definition) is 1. The van der Waals surface area contributed by atoms with Crippen molar-refractivity contribution < 1.29 is 4.79 Å². The summed E-state index contributed by atoms with van der Waals surface area (Å²) in [6.45, 7) is 3.43. The number of likely N-dealkylation sites (tertiary alicyclic amines) is 1. The van der Waals surface area contributed by atoms with E-state index in [1.54, 1.807) is 12.4 Å². The highest BCUT2D eigenvalue weighted by atomic mass is 16.2. The molecule has 26 heavy (non-hydrogen) atoms. The molecule has 4 rings (SSSR count). The lowest BCUT2D eigenvalue weighted by molar-refractivity contribution is 0.0745. The van der Waals surface area contributed by atoms with Crippen LogP contribution in [0.25, 0.3) is 22.2 Å². The van der Waals surface area contributed by atoms with E-state index in [1.807, 2.05) is 47.4 Å². The second-order valence-corrected chi connectivity index (χ2v) is 6.96. The van der Waals surface area contributed by atoms with Crippen LogP contribution in [0.1, 0.15) is 23.7 Å². The van der Waals surface area contributed by atoms with Gasteiger partial charge in [0.05, 0.1) is 16.8 Å². The van der Waals surface area contributed by atoms with Gasteiger partial charge in [0.2, 0.25) is 0 Å². The Labute approximate surface area is 152 Å². The van der Waals surface area contributed by atoms with Crippen LogP contribution in [0, 0.1) is 5.92 Å². The van der Waals surface area contributed by atoms with Gasteiger partial charge in [0.15, 0.2) is 0 Å². The molecule has 1 fully saturated rings. The molecule has 132 valence electrons. The molecule has 3 aromatic rings. The molecular formula is C21H22N4O. The molecule has 2 aromatic heterocycles. The van der Waals surface area contributed by atoms with E-state index in [1.165, 1.54) is 0 Å². The molecular weight excluding hydrogens is 324 g/mol. The standard InChI is InChI=1S/C21H22N4O/c1-14-9-15(11-22)13-25(14)21(26)18-10-20(16-5-4-8-23-12-16)24-19-7-3-2-6-17(18)19/h2-8,10,12,14-15H,9,11,13,22H2,1H3. The van der Waals surface area contributed by atoms with Gasteiger partial charge < -0.3 is 10.6 Å². The number of amides is 1. The number of nitrogens with zero attached hydrogens (tertiary/aromatic N) is 3. The second kappa shape index (κ2) is 6.84. The van der Waals surface area contributed by atoms with Gasteiger partial charge in [0.25, 0.3) is 5.91 Å². The Morgan fingerprint density at radius 3 is 2.85 bits per heavy atom.